The Morgan fingerprint density at radius 3 is 2.81 bits per heavy atom. The molecule has 0 aliphatic rings. The van der Waals surface area contributed by atoms with E-state index in [1.165, 1.54) is 0 Å². The molecule has 0 aliphatic carbocycles. The van der Waals surface area contributed by atoms with Gasteiger partial charge in [0.15, 0.2) is 0 Å². The topological polar surface area (TPSA) is 54.0 Å². The Hall–Kier alpha value is -1.42. The van der Waals surface area contributed by atoms with Crippen molar-refractivity contribution in [2.45, 2.75) is 20.4 Å². The van der Waals surface area contributed by atoms with E-state index in [4.69, 9.17) is 0 Å². The zero-order chi connectivity index (χ0) is 11.8. The Kier molecular flexibility index (Phi) is 5.50. The molecule has 1 heterocycles. The van der Waals surface area contributed by atoms with E-state index in [-0.39, 0.29) is 11.8 Å². The quantitative estimate of drug-likeness (QED) is 0.703. The minimum atomic E-state index is 0.0517. The maximum absolute atomic E-state index is 11.2. The van der Waals surface area contributed by atoms with Crippen molar-refractivity contribution >= 4 is 5.91 Å². The third-order valence-corrected chi connectivity index (χ3v) is 2.16. The highest BCUT2D eigenvalue weighted by Gasteiger charge is 2.04. The molecule has 0 spiro atoms. The Morgan fingerprint density at radius 1 is 1.38 bits per heavy atom. The van der Waals surface area contributed by atoms with E-state index in [9.17, 15) is 4.79 Å². The van der Waals surface area contributed by atoms with Crippen LogP contribution in [-0.4, -0.2) is 24.0 Å². The first kappa shape index (κ1) is 12.6. The van der Waals surface area contributed by atoms with Crippen molar-refractivity contribution in [1.82, 2.24) is 15.6 Å². The summed E-state index contributed by atoms with van der Waals surface area (Å²) in [4.78, 5) is 15.4. The molecule has 16 heavy (non-hydrogen) atoms. The van der Waals surface area contributed by atoms with E-state index in [1.54, 1.807) is 6.20 Å². The zero-order valence-electron chi connectivity index (χ0n) is 9.86. The van der Waals surface area contributed by atoms with Gasteiger partial charge >= 0.3 is 0 Å². The molecule has 1 aromatic heterocycles. The average molecular weight is 221 g/mol. The lowest BCUT2D eigenvalue weighted by molar-refractivity contribution is -0.123. The van der Waals surface area contributed by atoms with E-state index >= 15 is 0 Å². The number of aromatic nitrogens is 1. The van der Waals surface area contributed by atoms with Gasteiger partial charge in [-0.2, -0.15) is 0 Å². The standard InChI is InChI=1S/C12H19N3O/c1-10(2)12(16)15-8-7-13-9-11-5-3-4-6-14-11/h3-6,10,13H,7-9H2,1-2H3,(H,15,16). The molecule has 1 rings (SSSR count). The van der Waals surface area contributed by atoms with Crippen LogP contribution in [0, 0.1) is 5.92 Å². The second-order valence-corrected chi connectivity index (χ2v) is 3.94. The summed E-state index contributed by atoms with van der Waals surface area (Å²) in [5.41, 5.74) is 1.01. The molecule has 1 aromatic rings. The molecule has 0 aliphatic heterocycles. The normalized spacial score (nSPS) is 10.4. The maximum atomic E-state index is 11.2. The molecule has 0 saturated heterocycles. The SMILES string of the molecule is CC(C)C(=O)NCCNCc1ccccn1. The van der Waals surface area contributed by atoms with Crippen LogP contribution in [0.15, 0.2) is 24.4 Å². The highest BCUT2D eigenvalue weighted by molar-refractivity contribution is 5.77. The molecule has 0 bridgehead atoms. The number of hydrogen-bond donors (Lipinski definition) is 2. The molecular formula is C12H19N3O. The summed E-state index contributed by atoms with van der Waals surface area (Å²) in [5.74, 6) is 0.149. The van der Waals surface area contributed by atoms with Crippen LogP contribution in [0.25, 0.3) is 0 Å². The lowest BCUT2D eigenvalue weighted by Crippen LogP contribution is -2.34. The minimum Gasteiger partial charge on any atom is -0.355 e. The van der Waals surface area contributed by atoms with Gasteiger partial charge in [0.05, 0.1) is 5.69 Å². The van der Waals surface area contributed by atoms with Crippen molar-refractivity contribution in [2.75, 3.05) is 13.1 Å². The first-order valence-corrected chi connectivity index (χ1v) is 5.58. The fraction of sp³-hybridized carbons (Fsp3) is 0.500. The van der Waals surface area contributed by atoms with Crippen molar-refractivity contribution in [3.8, 4) is 0 Å². The van der Waals surface area contributed by atoms with Crippen molar-refractivity contribution in [2.24, 2.45) is 5.92 Å². The third-order valence-electron chi connectivity index (χ3n) is 2.16. The molecule has 2 N–H and O–H groups in total. The van der Waals surface area contributed by atoms with Crippen LogP contribution in [0.4, 0.5) is 0 Å². The van der Waals surface area contributed by atoms with Gasteiger partial charge < -0.3 is 10.6 Å². The molecule has 4 nitrogen and oxygen atoms in total. The van der Waals surface area contributed by atoms with Gasteiger partial charge in [0.2, 0.25) is 5.91 Å². The van der Waals surface area contributed by atoms with Gasteiger partial charge in [0, 0.05) is 31.7 Å². The highest BCUT2D eigenvalue weighted by Crippen LogP contribution is 1.91. The van der Waals surface area contributed by atoms with Crippen LogP contribution in [0.3, 0.4) is 0 Å². The van der Waals surface area contributed by atoms with Gasteiger partial charge in [-0.3, -0.25) is 9.78 Å². The Bertz CT molecular complexity index is 311. The Morgan fingerprint density at radius 2 is 2.19 bits per heavy atom. The number of carbonyl (C=O) groups excluding carboxylic acids is 1. The van der Waals surface area contributed by atoms with Gasteiger partial charge in [0.25, 0.3) is 0 Å². The molecular weight excluding hydrogens is 202 g/mol. The van der Waals surface area contributed by atoms with E-state index in [1.807, 2.05) is 32.0 Å². The number of pyridine rings is 1. The van der Waals surface area contributed by atoms with Crippen LogP contribution >= 0.6 is 0 Å². The molecule has 0 unspecified atom stereocenters. The zero-order valence-corrected chi connectivity index (χ0v) is 9.86. The average Bonchev–Trinajstić information content (AvgIpc) is 2.29. The molecule has 0 atom stereocenters. The van der Waals surface area contributed by atoms with E-state index in [0.29, 0.717) is 6.54 Å². The van der Waals surface area contributed by atoms with Crippen molar-refractivity contribution in [3.05, 3.63) is 30.1 Å². The number of hydrogen-bond acceptors (Lipinski definition) is 3. The molecule has 0 fully saturated rings. The van der Waals surface area contributed by atoms with Gasteiger partial charge in [-0.25, -0.2) is 0 Å². The summed E-state index contributed by atoms with van der Waals surface area (Å²) in [7, 11) is 0. The Labute approximate surface area is 96.5 Å². The van der Waals surface area contributed by atoms with Crippen LogP contribution in [0.2, 0.25) is 0 Å². The largest absolute Gasteiger partial charge is 0.355 e. The number of nitrogens with zero attached hydrogens (tertiary/aromatic N) is 1. The van der Waals surface area contributed by atoms with Crippen molar-refractivity contribution < 1.29 is 4.79 Å². The van der Waals surface area contributed by atoms with Crippen LogP contribution in [-0.2, 0) is 11.3 Å². The van der Waals surface area contributed by atoms with Gasteiger partial charge in [-0.15, -0.1) is 0 Å². The Balaban J connectivity index is 2.07. The predicted molar refractivity (Wildman–Crippen MR) is 63.8 cm³/mol. The lowest BCUT2D eigenvalue weighted by Gasteiger charge is -2.08. The molecule has 88 valence electrons. The summed E-state index contributed by atoms with van der Waals surface area (Å²) in [6, 6.07) is 5.83. The second-order valence-electron chi connectivity index (χ2n) is 3.94. The van der Waals surface area contributed by atoms with E-state index in [2.05, 4.69) is 15.6 Å². The summed E-state index contributed by atoms with van der Waals surface area (Å²) in [5, 5.41) is 6.07. The summed E-state index contributed by atoms with van der Waals surface area (Å²) in [6.45, 7) is 5.92. The lowest BCUT2D eigenvalue weighted by atomic mass is 10.2. The first-order chi connectivity index (χ1) is 7.70. The van der Waals surface area contributed by atoms with Crippen LogP contribution < -0.4 is 10.6 Å². The molecule has 0 saturated carbocycles. The van der Waals surface area contributed by atoms with E-state index < -0.39 is 0 Å². The third kappa shape index (κ3) is 4.89. The molecule has 1 amide bonds. The van der Waals surface area contributed by atoms with Crippen LogP contribution in [0.1, 0.15) is 19.5 Å². The minimum absolute atomic E-state index is 0.0517. The molecule has 0 aromatic carbocycles. The monoisotopic (exact) mass is 221 g/mol. The molecule has 4 heteroatoms. The summed E-state index contributed by atoms with van der Waals surface area (Å²) in [6.07, 6.45) is 1.78. The fourth-order valence-corrected chi connectivity index (χ4v) is 1.20. The summed E-state index contributed by atoms with van der Waals surface area (Å²) >= 11 is 0. The smallest absolute Gasteiger partial charge is 0.222 e. The summed E-state index contributed by atoms with van der Waals surface area (Å²) < 4.78 is 0. The first-order valence-electron chi connectivity index (χ1n) is 5.58. The molecule has 0 radical (unpaired) electrons. The number of carbonyl (C=O) groups is 1. The fourth-order valence-electron chi connectivity index (χ4n) is 1.20. The number of rotatable bonds is 6. The van der Waals surface area contributed by atoms with Crippen LogP contribution in [0.5, 0.6) is 0 Å². The van der Waals surface area contributed by atoms with Gasteiger partial charge in [-0.05, 0) is 12.1 Å². The van der Waals surface area contributed by atoms with Gasteiger partial charge in [0.1, 0.15) is 0 Å². The number of nitrogens with one attached hydrogen (secondary N) is 2. The van der Waals surface area contributed by atoms with Crippen molar-refractivity contribution in [1.29, 1.82) is 0 Å². The van der Waals surface area contributed by atoms with Gasteiger partial charge in [-0.1, -0.05) is 19.9 Å². The number of amides is 1. The highest BCUT2D eigenvalue weighted by atomic mass is 16.1. The maximum Gasteiger partial charge on any atom is 0.222 e. The van der Waals surface area contributed by atoms with Crippen molar-refractivity contribution in [3.63, 3.8) is 0 Å². The predicted octanol–water partition coefficient (Wildman–Crippen LogP) is 0.943. The second kappa shape index (κ2) is 6.95. The van der Waals surface area contributed by atoms with E-state index in [0.717, 1.165) is 18.8 Å².